The molecule has 0 fully saturated rings. The van der Waals surface area contributed by atoms with Crippen LogP contribution in [0.15, 0.2) is 0 Å². The fourth-order valence-corrected chi connectivity index (χ4v) is 0.294. The zero-order valence-electron chi connectivity index (χ0n) is 8.32. The zero-order chi connectivity index (χ0) is 9.98. The van der Waals surface area contributed by atoms with Crippen molar-refractivity contribution in [3.05, 3.63) is 6.42 Å². The number of carbonyl (C=O) groups is 2. The molecule has 0 bridgehead atoms. The Morgan fingerprint density at radius 2 is 1.69 bits per heavy atom. The number of carbonyl (C=O) groups excluding carboxylic acids is 1. The van der Waals surface area contributed by atoms with E-state index in [1.54, 1.807) is 6.92 Å². The Bertz CT molecular complexity index is 133. The molecule has 4 heteroatoms. The molecule has 0 aliphatic carbocycles. The van der Waals surface area contributed by atoms with Gasteiger partial charge in [0.05, 0.1) is 0 Å². The van der Waals surface area contributed by atoms with Crippen molar-refractivity contribution in [3.8, 4) is 0 Å². The van der Waals surface area contributed by atoms with Crippen molar-refractivity contribution in [2.75, 3.05) is 0 Å². The Morgan fingerprint density at radius 3 is 1.77 bits per heavy atom. The molecule has 0 amide bonds. The third-order valence-corrected chi connectivity index (χ3v) is 1.15. The van der Waals surface area contributed by atoms with E-state index in [4.69, 9.17) is 5.11 Å². The van der Waals surface area contributed by atoms with Gasteiger partial charge in [-0.2, -0.15) is 13.3 Å². The molecule has 80 valence electrons. The predicted octanol–water partition coefficient (Wildman–Crippen LogP) is 2.06. The second-order valence-electron chi connectivity index (χ2n) is 2.28. The molecule has 0 aliphatic rings. The minimum atomic E-state index is -1.04. The maximum Gasteiger partial charge on any atom is 0.310 e. The maximum atomic E-state index is 10.2. The van der Waals surface area contributed by atoms with Gasteiger partial charge in [-0.3, -0.25) is 9.59 Å². The third-order valence-electron chi connectivity index (χ3n) is 1.15. The molecular weight excluding hydrogens is 212 g/mol. The number of hydrogen-bond acceptors (Lipinski definition) is 2. The quantitative estimate of drug-likeness (QED) is 0.456. The van der Waals surface area contributed by atoms with Gasteiger partial charge in [0.1, 0.15) is 12.2 Å². The van der Waals surface area contributed by atoms with Crippen molar-refractivity contribution in [3.63, 3.8) is 0 Å². The van der Waals surface area contributed by atoms with Crippen LogP contribution in [-0.2, 0) is 26.7 Å². The first-order valence-electron chi connectivity index (χ1n) is 4.09. The van der Waals surface area contributed by atoms with Gasteiger partial charge in [-0.15, -0.1) is 0 Å². The summed E-state index contributed by atoms with van der Waals surface area (Å²) in [5.41, 5.74) is 0. The summed E-state index contributed by atoms with van der Waals surface area (Å²) < 4.78 is 0. The second kappa shape index (κ2) is 14.2. The first kappa shape index (κ1) is 18.4. The molecule has 0 aromatic carbocycles. The Morgan fingerprint density at radius 1 is 1.31 bits per heavy atom. The first-order chi connectivity index (χ1) is 5.58. The Labute approximate surface area is 90.4 Å². The molecule has 0 rings (SSSR count). The molecule has 0 unspecified atom stereocenters. The molecule has 0 atom stereocenters. The van der Waals surface area contributed by atoms with Crippen LogP contribution in [0.5, 0.6) is 0 Å². The summed E-state index contributed by atoms with van der Waals surface area (Å²) in [6.07, 6.45) is 3.29. The fraction of sp³-hybridized carbons (Fsp3) is 0.667. The molecule has 0 saturated carbocycles. The minimum Gasteiger partial charge on any atom is -0.481 e. The van der Waals surface area contributed by atoms with Gasteiger partial charge in [0.25, 0.3) is 0 Å². The average Bonchev–Trinajstić information content (AvgIpc) is 2.04. The van der Waals surface area contributed by atoms with Gasteiger partial charge in [0.2, 0.25) is 0 Å². The van der Waals surface area contributed by atoms with Gasteiger partial charge in [-0.05, 0) is 0 Å². The molecule has 0 radical (unpaired) electrons. The van der Waals surface area contributed by atoms with Gasteiger partial charge >= 0.3 is 5.97 Å². The number of hydrogen-bond donors (Lipinski definition) is 1. The van der Waals surface area contributed by atoms with Gasteiger partial charge < -0.3 is 11.5 Å². The number of rotatable bonds is 4. The summed E-state index contributed by atoms with van der Waals surface area (Å²) in [5.74, 6) is -1.27. The van der Waals surface area contributed by atoms with E-state index in [-0.39, 0.29) is 29.3 Å². The Kier molecular flexibility index (Phi) is 20.1. The summed E-state index contributed by atoms with van der Waals surface area (Å²) in [5, 5.41) is 7.99. The predicted molar refractivity (Wildman–Crippen MR) is 47.8 cm³/mol. The van der Waals surface area contributed by atoms with Crippen LogP contribution in [0.25, 0.3) is 0 Å². The third kappa shape index (κ3) is 24.5. The van der Waals surface area contributed by atoms with E-state index in [1.807, 2.05) is 0 Å². The van der Waals surface area contributed by atoms with E-state index in [9.17, 15) is 9.59 Å². The van der Waals surface area contributed by atoms with Crippen molar-refractivity contribution in [2.45, 2.75) is 40.0 Å². The van der Waals surface area contributed by atoms with Crippen LogP contribution in [0.3, 0.4) is 0 Å². The summed E-state index contributed by atoms with van der Waals surface area (Å²) >= 11 is 0. The normalized spacial score (nSPS) is 7.62. The van der Waals surface area contributed by atoms with Gasteiger partial charge in [-0.1, -0.05) is 13.8 Å². The van der Waals surface area contributed by atoms with Gasteiger partial charge in [0.15, 0.2) is 0 Å². The number of ketones is 1. The summed E-state index contributed by atoms with van der Waals surface area (Å²) in [4.78, 5) is 20.0. The van der Waals surface area contributed by atoms with E-state index in [0.29, 0.717) is 6.42 Å². The molecule has 0 aromatic heterocycles. The largest absolute Gasteiger partial charge is 0.481 e. The number of carboxylic acid groups (broad SMARTS) is 1. The standard InChI is InChI=1S/C5H8O3.C4H9.Fe/c1-2-4(6)3-5(7)8;1-3-4-2;/h2-3H2,1H3,(H,7,8);3H,4H2,1-2H3;/q;-1;. The molecule has 0 aliphatic heterocycles. The molecule has 0 heterocycles. The van der Waals surface area contributed by atoms with Crippen LogP contribution in [0.2, 0.25) is 0 Å². The SMILES string of the molecule is CCC(=O)CC(=O)O.C[CH-]CC.[Fe]. The van der Waals surface area contributed by atoms with Gasteiger partial charge in [-0.25, -0.2) is 0 Å². The number of aliphatic carboxylic acids is 1. The summed E-state index contributed by atoms with van der Waals surface area (Å²) in [6.45, 7) is 5.82. The molecule has 0 spiro atoms. The zero-order valence-corrected chi connectivity index (χ0v) is 9.42. The van der Waals surface area contributed by atoms with Crippen LogP contribution < -0.4 is 0 Å². The minimum absolute atomic E-state index is 0. The van der Waals surface area contributed by atoms with Crippen LogP contribution in [0.4, 0.5) is 0 Å². The molecule has 1 N–H and O–H groups in total. The van der Waals surface area contributed by atoms with Crippen LogP contribution in [-0.4, -0.2) is 16.9 Å². The number of Topliss-reactive ketones (excluding diaryl/α,β-unsaturated/α-hetero) is 1. The summed E-state index contributed by atoms with van der Waals surface area (Å²) in [7, 11) is 0. The van der Waals surface area contributed by atoms with Crippen molar-refractivity contribution in [2.24, 2.45) is 0 Å². The molecule has 0 aromatic rings. The van der Waals surface area contributed by atoms with Crippen LogP contribution >= 0.6 is 0 Å². The maximum absolute atomic E-state index is 10.2. The van der Waals surface area contributed by atoms with E-state index in [0.717, 1.165) is 0 Å². The molecular formula is C9H17FeO3-. The number of carboxylic acids is 1. The molecule has 3 nitrogen and oxygen atoms in total. The monoisotopic (exact) mass is 229 g/mol. The summed E-state index contributed by atoms with van der Waals surface area (Å²) in [6, 6.07) is 0. The molecule has 13 heavy (non-hydrogen) atoms. The van der Waals surface area contributed by atoms with Crippen molar-refractivity contribution in [1.29, 1.82) is 0 Å². The van der Waals surface area contributed by atoms with E-state index >= 15 is 0 Å². The fourth-order valence-electron chi connectivity index (χ4n) is 0.294. The van der Waals surface area contributed by atoms with Crippen molar-refractivity contribution in [1.82, 2.24) is 0 Å². The van der Waals surface area contributed by atoms with E-state index in [2.05, 4.69) is 20.3 Å². The van der Waals surface area contributed by atoms with E-state index < -0.39 is 5.97 Å². The molecule has 0 saturated heterocycles. The van der Waals surface area contributed by atoms with E-state index in [1.165, 1.54) is 6.42 Å². The van der Waals surface area contributed by atoms with Crippen molar-refractivity contribution >= 4 is 11.8 Å². The van der Waals surface area contributed by atoms with Crippen LogP contribution in [0, 0.1) is 6.42 Å². The Hall–Kier alpha value is -0.341. The van der Waals surface area contributed by atoms with Crippen LogP contribution in [0.1, 0.15) is 40.0 Å². The second-order valence-corrected chi connectivity index (χ2v) is 2.28. The smallest absolute Gasteiger partial charge is 0.310 e. The van der Waals surface area contributed by atoms with Crippen molar-refractivity contribution < 1.29 is 31.8 Å². The topological polar surface area (TPSA) is 54.4 Å². The van der Waals surface area contributed by atoms with Gasteiger partial charge in [0, 0.05) is 23.5 Å². The first-order valence-corrected chi connectivity index (χ1v) is 4.09. The Balaban J connectivity index is -0.000000173. The number of unbranched alkanes of at least 4 members (excludes halogenated alkanes) is 1. The average molecular weight is 229 g/mol.